The third-order valence-electron chi connectivity index (χ3n) is 2.48. The summed E-state index contributed by atoms with van der Waals surface area (Å²) in [5, 5.41) is 0. The molecule has 0 spiro atoms. The SMILES string of the molecule is CC(c1cccc(F)n1)C(C)(C)C. The first-order chi connectivity index (χ1) is 5.91. The number of rotatable bonds is 1. The van der Waals surface area contributed by atoms with Gasteiger partial charge in [0.25, 0.3) is 0 Å². The van der Waals surface area contributed by atoms with Crippen molar-refractivity contribution in [2.75, 3.05) is 0 Å². The van der Waals surface area contributed by atoms with E-state index in [2.05, 4.69) is 32.7 Å². The summed E-state index contributed by atoms with van der Waals surface area (Å²) in [6.45, 7) is 8.46. The Morgan fingerprint density at radius 2 is 1.92 bits per heavy atom. The van der Waals surface area contributed by atoms with Crippen molar-refractivity contribution in [2.45, 2.75) is 33.6 Å². The Morgan fingerprint density at radius 1 is 1.31 bits per heavy atom. The van der Waals surface area contributed by atoms with Gasteiger partial charge in [-0.3, -0.25) is 0 Å². The summed E-state index contributed by atoms with van der Waals surface area (Å²) in [4.78, 5) is 3.87. The van der Waals surface area contributed by atoms with Crippen LogP contribution in [0.4, 0.5) is 4.39 Å². The highest BCUT2D eigenvalue weighted by Gasteiger charge is 2.22. The minimum Gasteiger partial charge on any atom is -0.225 e. The van der Waals surface area contributed by atoms with Gasteiger partial charge < -0.3 is 0 Å². The van der Waals surface area contributed by atoms with Crippen molar-refractivity contribution in [1.29, 1.82) is 0 Å². The van der Waals surface area contributed by atoms with Crippen molar-refractivity contribution in [2.24, 2.45) is 5.41 Å². The number of nitrogens with zero attached hydrogens (tertiary/aromatic N) is 1. The van der Waals surface area contributed by atoms with Gasteiger partial charge in [0, 0.05) is 11.6 Å². The van der Waals surface area contributed by atoms with E-state index in [1.54, 1.807) is 6.07 Å². The average Bonchev–Trinajstić information content (AvgIpc) is 2.01. The van der Waals surface area contributed by atoms with E-state index in [1.807, 2.05) is 6.07 Å². The Kier molecular flexibility index (Phi) is 2.69. The topological polar surface area (TPSA) is 12.9 Å². The molecule has 0 saturated carbocycles. The van der Waals surface area contributed by atoms with Gasteiger partial charge in [0.15, 0.2) is 0 Å². The highest BCUT2D eigenvalue weighted by Crippen LogP contribution is 2.33. The summed E-state index contributed by atoms with van der Waals surface area (Å²) in [6.07, 6.45) is 0. The van der Waals surface area contributed by atoms with Crippen molar-refractivity contribution < 1.29 is 4.39 Å². The molecular formula is C11H16FN. The predicted octanol–water partition coefficient (Wildman–Crippen LogP) is 3.37. The van der Waals surface area contributed by atoms with E-state index >= 15 is 0 Å². The van der Waals surface area contributed by atoms with Gasteiger partial charge in [-0.05, 0) is 17.5 Å². The first-order valence-electron chi connectivity index (χ1n) is 4.53. The minimum absolute atomic E-state index is 0.126. The van der Waals surface area contributed by atoms with Crippen LogP contribution in [0.1, 0.15) is 39.3 Å². The van der Waals surface area contributed by atoms with E-state index in [0.717, 1.165) is 5.69 Å². The lowest BCUT2D eigenvalue weighted by molar-refractivity contribution is 0.331. The molecule has 1 rings (SSSR count). The maximum atomic E-state index is 12.8. The quantitative estimate of drug-likeness (QED) is 0.605. The molecule has 0 radical (unpaired) electrons. The van der Waals surface area contributed by atoms with Crippen molar-refractivity contribution in [1.82, 2.24) is 4.98 Å². The zero-order chi connectivity index (χ0) is 10.1. The molecule has 0 bridgehead atoms. The summed E-state index contributed by atoms with van der Waals surface area (Å²) in [5.74, 6) is -0.128. The summed E-state index contributed by atoms with van der Waals surface area (Å²) < 4.78 is 12.8. The van der Waals surface area contributed by atoms with Gasteiger partial charge in [-0.2, -0.15) is 4.39 Å². The Labute approximate surface area is 79.0 Å². The summed E-state index contributed by atoms with van der Waals surface area (Å²) in [7, 11) is 0. The van der Waals surface area contributed by atoms with Crippen molar-refractivity contribution in [3.63, 3.8) is 0 Å². The number of pyridine rings is 1. The largest absolute Gasteiger partial charge is 0.225 e. The third-order valence-corrected chi connectivity index (χ3v) is 2.48. The smallest absolute Gasteiger partial charge is 0.213 e. The standard InChI is InChI=1S/C11H16FN/c1-8(11(2,3)4)9-6-5-7-10(12)13-9/h5-8H,1-4H3. The highest BCUT2D eigenvalue weighted by atomic mass is 19.1. The molecule has 0 saturated heterocycles. The minimum atomic E-state index is -0.395. The average molecular weight is 181 g/mol. The van der Waals surface area contributed by atoms with Crippen LogP contribution in [0.25, 0.3) is 0 Å². The van der Waals surface area contributed by atoms with Crippen LogP contribution in [0.3, 0.4) is 0 Å². The molecule has 0 aliphatic rings. The molecule has 0 N–H and O–H groups in total. The molecule has 0 aromatic carbocycles. The third kappa shape index (κ3) is 2.51. The van der Waals surface area contributed by atoms with Gasteiger partial charge in [0.05, 0.1) is 0 Å². The molecule has 1 aromatic heterocycles. The highest BCUT2D eigenvalue weighted by molar-refractivity contribution is 5.11. The first kappa shape index (κ1) is 10.2. The lowest BCUT2D eigenvalue weighted by Gasteiger charge is -2.26. The zero-order valence-corrected chi connectivity index (χ0v) is 8.63. The molecular weight excluding hydrogens is 165 g/mol. The number of hydrogen-bond donors (Lipinski definition) is 0. The van der Waals surface area contributed by atoms with Gasteiger partial charge >= 0.3 is 0 Å². The van der Waals surface area contributed by atoms with E-state index in [0.29, 0.717) is 0 Å². The molecule has 1 aromatic rings. The molecule has 1 atom stereocenters. The fourth-order valence-corrected chi connectivity index (χ4v) is 1.11. The van der Waals surface area contributed by atoms with Crippen molar-refractivity contribution in [3.05, 3.63) is 29.8 Å². The predicted molar refractivity (Wildman–Crippen MR) is 52.1 cm³/mol. The van der Waals surface area contributed by atoms with E-state index in [-0.39, 0.29) is 11.3 Å². The zero-order valence-electron chi connectivity index (χ0n) is 8.63. The molecule has 0 aliphatic heterocycles. The lowest BCUT2D eigenvalue weighted by Crippen LogP contribution is -2.16. The van der Waals surface area contributed by atoms with Crippen LogP contribution in [0.2, 0.25) is 0 Å². The van der Waals surface area contributed by atoms with Gasteiger partial charge in [-0.15, -0.1) is 0 Å². The molecule has 1 nitrogen and oxygen atoms in total. The molecule has 72 valence electrons. The summed E-state index contributed by atoms with van der Waals surface area (Å²) in [6, 6.07) is 4.96. The van der Waals surface area contributed by atoms with Gasteiger partial charge in [0.1, 0.15) is 0 Å². The fourth-order valence-electron chi connectivity index (χ4n) is 1.11. The Bertz CT molecular complexity index is 288. The molecule has 1 unspecified atom stereocenters. The summed E-state index contributed by atoms with van der Waals surface area (Å²) in [5.41, 5.74) is 0.952. The van der Waals surface area contributed by atoms with E-state index in [4.69, 9.17) is 0 Å². The first-order valence-corrected chi connectivity index (χ1v) is 4.53. The molecule has 0 aliphatic carbocycles. The molecule has 13 heavy (non-hydrogen) atoms. The van der Waals surface area contributed by atoms with Crippen LogP contribution in [0.15, 0.2) is 18.2 Å². The van der Waals surface area contributed by atoms with E-state index in [9.17, 15) is 4.39 Å². The number of halogens is 1. The second-order valence-electron chi connectivity index (χ2n) is 4.47. The van der Waals surface area contributed by atoms with Crippen molar-refractivity contribution in [3.8, 4) is 0 Å². The van der Waals surface area contributed by atoms with Crippen LogP contribution < -0.4 is 0 Å². The molecule has 0 amide bonds. The maximum Gasteiger partial charge on any atom is 0.213 e. The lowest BCUT2D eigenvalue weighted by atomic mass is 9.80. The Hall–Kier alpha value is -0.920. The number of hydrogen-bond acceptors (Lipinski definition) is 1. The molecule has 1 heterocycles. The van der Waals surface area contributed by atoms with Crippen LogP contribution >= 0.6 is 0 Å². The van der Waals surface area contributed by atoms with Gasteiger partial charge in [-0.25, -0.2) is 4.98 Å². The van der Waals surface area contributed by atoms with Crippen LogP contribution in [0.5, 0.6) is 0 Å². The Morgan fingerprint density at radius 3 is 2.38 bits per heavy atom. The van der Waals surface area contributed by atoms with Crippen LogP contribution in [-0.2, 0) is 0 Å². The maximum absolute atomic E-state index is 12.8. The monoisotopic (exact) mass is 181 g/mol. The molecule has 0 fully saturated rings. The normalized spacial score (nSPS) is 14.2. The van der Waals surface area contributed by atoms with E-state index < -0.39 is 5.95 Å². The van der Waals surface area contributed by atoms with Gasteiger partial charge in [0.2, 0.25) is 5.95 Å². The fraction of sp³-hybridized carbons (Fsp3) is 0.545. The van der Waals surface area contributed by atoms with Gasteiger partial charge in [-0.1, -0.05) is 33.8 Å². The van der Waals surface area contributed by atoms with Crippen LogP contribution in [-0.4, -0.2) is 4.98 Å². The molecule has 2 heteroatoms. The van der Waals surface area contributed by atoms with E-state index in [1.165, 1.54) is 6.07 Å². The second-order valence-corrected chi connectivity index (χ2v) is 4.47. The Balaban J connectivity index is 2.96. The number of aromatic nitrogens is 1. The second kappa shape index (κ2) is 3.44. The summed E-state index contributed by atoms with van der Waals surface area (Å²) >= 11 is 0. The van der Waals surface area contributed by atoms with Crippen LogP contribution in [0, 0.1) is 11.4 Å². The van der Waals surface area contributed by atoms with Crippen molar-refractivity contribution >= 4 is 0 Å².